The predicted octanol–water partition coefficient (Wildman–Crippen LogP) is 3.27. The molecule has 112 valence electrons. The first-order valence-electron chi connectivity index (χ1n) is 6.71. The molecule has 1 saturated heterocycles. The smallest absolute Gasteiger partial charge is 0.126 e. The summed E-state index contributed by atoms with van der Waals surface area (Å²) in [5.74, 6) is 2.24. The van der Waals surface area contributed by atoms with Crippen molar-refractivity contribution in [3.8, 4) is 17.2 Å². The number of methoxy groups -OCH3 is 2. The van der Waals surface area contributed by atoms with Crippen molar-refractivity contribution >= 4 is 15.9 Å². The highest BCUT2D eigenvalue weighted by atomic mass is 79.9. The van der Waals surface area contributed by atoms with Gasteiger partial charge in [0.25, 0.3) is 0 Å². The lowest BCUT2D eigenvalue weighted by Gasteiger charge is -2.35. The van der Waals surface area contributed by atoms with Gasteiger partial charge in [0.1, 0.15) is 17.2 Å². The lowest BCUT2D eigenvalue weighted by molar-refractivity contribution is 0.00348. The van der Waals surface area contributed by atoms with Crippen LogP contribution in [0.4, 0.5) is 0 Å². The predicted molar refractivity (Wildman–Crippen MR) is 81.3 cm³/mol. The molecule has 5 heteroatoms. The van der Waals surface area contributed by atoms with Gasteiger partial charge in [-0.1, -0.05) is 15.9 Å². The Morgan fingerprint density at radius 3 is 2.10 bits per heavy atom. The molecule has 0 aliphatic carbocycles. The van der Waals surface area contributed by atoms with E-state index in [2.05, 4.69) is 15.9 Å². The van der Waals surface area contributed by atoms with Crippen LogP contribution >= 0.6 is 15.9 Å². The van der Waals surface area contributed by atoms with Crippen molar-refractivity contribution in [2.75, 3.05) is 39.4 Å². The third kappa shape index (κ3) is 3.79. The fourth-order valence-electron chi connectivity index (χ4n) is 2.22. The van der Waals surface area contributed by atoms with Crippen molar-refractivity contribution in [3.05, 3.63) is 18.2 Å². The van der Waals surface area contributed by atoms with Crippen LogP contribution in [0, 0.1) is 5.41 Å². The largest absolute Gasteiger partial charge is 0.496 e. The molecule has 0 spiro atoms. The zero-order valence-electron chi connectivity index (χ0n) is 12.0. The SMILES string of the molecule is COc1cc(OC)cc(OCC2(CBr)CCOCC2)c1. The summed E-state index contributed by atoms with van der Waals surface area (Å²) in [5.41, 5.74) is 0.147. The molecular weight excluding hydrogens is 324 g/mol. The number of halogens is 1. The van der Waals surface area contributed by atoms with E-state index >= 15 is 0 Å². The molecule has 1 aliphatic rings. The van der Waals surface area contributed by atoms with Crippen LogP contribution in [0.25, 0.3) is 0 Å². The molecule has 2 rings (SSSR count). The van der Waals surface area contributed by atoms with Gasteiger partial charge in [-0.3, -0.25) is 0 Å². The van der Waals surface area contributed by atoms with Crippen LogP contribution in [-0.4, -0.2) is 39.4 Å². The molecule has 4 nitrogen and oxygen atoms in total. The molecule has 1 aromatic carbocycles. The van der Waals surface area contributed by atoms with Crippen LogP contribution in [0.3, 0.4) is 0 Å². The van der Waals surface area contributed by atoms with Crippen LogP contribution in [0.5, 0.6) is 17.2 Å². The van der Waals surface area contributed by atoms with Gasteiger partial charge in [-0.2, -0.15) is 0 Å². The third-order valence-electron chi connectivity index (χ3n) is 3.71. The van der Waals surface area contributed by atoms with Gasteiger partial charge in [-0.25, -0.2) is 0 Å². The zero-order chi connectivity index (χ0) is 14.4. The molecule has 1 fully saturated rings. The number of benzene rings is 1. The summed E-state index contributed by atoms with van der Waals surface area (Å²) in [6.45, 7) is 2.27. The second-order valence-electron chi connectivity index (χ2n) is 5.08. The Hall–Kier alpha value is -0.940. The lowest BCUT2D eigenvalue weighted by atomic mass is 9.83. The van der Waals surface area contributed by atoms with Gasteiger partial charge in [-0.05, 0) is 12.8 Å². The molecule has 20 heavy (non-hydrogen) atoms. The first-order chi connectivity index (χ1) is 9.71. The van der Waals surface area contributed by atoms with Crippen molar-refractivity contribution in [2.45, 2.75) is 12.8 Å². The van der Waals surface area contributed by atoms with Gasteiger partial charge in [0.2, 0.25) is 0 Å². The zero-order valence-corrected chi connectivity index (χ0v) is 13.6. The molecule has 1 aromatic rings. The maximum atomic E-state index is 5.98. The maximum Gasteiger partial charge on any atom is 0.126 e. The molecule has 1 aliphatic heterocycles. The molecule has 0 radical (unpaired) electrons. The van der Waals surface area contributed by atoms with Crippen LogP contribution in [0.15, 0.2) is 18.2 Å². The number of rotatable bonds is 6. The normalized spacial score (nSPS) is 17.6. The molecule has 0 amide bonds. The van der Waals surface area contributed by atoms with E-state index in [0.717, 1.165) is 48.6 Å². The molecule has 0 aromatic heterocycles. The Labute approximate surface area is 128 Å². The van der Waals surface area contributed by atoms with Crippen LogP contribution < -0.4 is 14.2 Å². The highest BCUT2D eigenvalue weighted by molar-refractivity contribution is 9.09. The van der Waals surface area contributed by atoms with Gasteiger partial charge < -0.3 is 18.9 Å². The molecule has 0 atom stereocenters. The van der Waals surface area contributed by atoms with Crippen molar-refractivity contribution in [1.29, 1.82) is 0 Å². The molecule has 0 saturated carbocycles. The number of ether oxygens (including phenoxy) is 4. The van der Waals surface area contributed by atoms with E-state index in [9.17, 15) is 0 Å². The average molecular weight is 345 g/mol. The second-order valence-corrected chi connectivity index (χ2v) is 5.64. The second kappa shape index (κ2) is 7.18. The average Bonchev–Trinajstić information content (AvgIpc) is 2.53. The van der Waals surface area contributed by atoms with Crippen molar-refractivity contribution in [3.63, 3.8) is 0 Å². The van der Waals surface area contributed by atoms with E-state index in [0.29, 0.717) is 6.61 Å². The summed E-state index contributed by atoms with van der Waals surface area (Å²) < 4.78 is 21.9. The van der Waals surface area contributed by atoms with Gasteiger partial charge in [-0.15, -0.1) is 0 Å². The van der Waals surface area contributed by atoms with Gasteiger partial charge in [0, 0.05) is 42.2 Å². The summed E-state index contributed by atoms with van der Waals surface area (Å²) in [5, 5.41) is 0.921. The number of hydrogen-bond acceptors (Lipinski definition) is 4. The van der Waals surface area contributed by atoms with Crippen molar-refractivity contribution < 1.29 is 18.9 Å². The minimum Gasteiger partial charge on any atom is -0.496 e. The molecule has 0 bridgehead atoms. The molecular formula is C15H21BrO4. The minimum atomic E-state index is 0.147. The van der Waals surface area contributed by atoms with E-state index < -0.39 is 0 Å². The third-order valence-corrected chi connectivity index (χ3v) is 4.90. The van der Waals surface area contributed by atoms with Crippen LogP contribution in [0.2, 0.25) is 0 Å². The van der Waals surface area contributed by atoms with Gasteiger partial charge >= 0.3 is 0 Å². The Balaban J connectivity index is 2.05. The van der Waals surface area contributed by atoms with Crippen molar-refractivity contribution in [2.24, 2.45) is 5.41 Å². The standard InChI is InChI=1S/C15H21BrO4/c1-17-12-7-13(18-2)9-14(8-12)20-11-15(10-16)3-5-19-6-4-15/h7-9H,3-6,10-11H2,1-2H3. The Morgan fingerprint density at radius 2 is 1.60 bits per heavy atom. The Bertz CT molecular complexity index is 408. The highest BCUT2D eigenvalue weighted by Crippen LogP contribution is 2.34. The molecule has 1 heterocycles. The summed E-state index contributed by atoms with van der Waals surface area (Å²) in [4.78, 5) is 0. The van der Waals surface area contributed by atoms with Gasteiger partial charge in [0.15, 0.2) is 0 Å². The fraction of sp³-hybridized carbons (Fsp3) is 0.600. The summed E-state index contributed by atoms with van der Waals surface area (Å²) in [7, 11) is 3.27. The van der Waals surface area contributed by atoms with E-state index in [4.69, 9.17) is 18.9 Å². The first-order valence-corrected chi connectivity index (χ1v) is 7.83. The first kappa shape index (κ1) is 15.4. The Kier molecular flexibility index (Phi) is 5.54. The molecule has 0 N–H and O–H groups in total. The summed E-state index contributed by atoms with van der Waals surface area (Å²) >= 11 is 3.61. The highest BCUT2D eigenvalue weighted by Gasteiger charge is 2.32. The maximum absolute atomic E-state index is 5.98. The van der Waals surface area contributed by atoms with E-state index in [1.54, 1.807) is 14.2 Å². The summed E-state index contributed by atoms with van der Waals surface area (Å²) in [6, 6.07) is 5.59. The summed E-state index contributed by atoms with van der Waals surface area (Å²) in [6.07, 6.45) is 2.03. The minimum absolute atomic E-state index is 0.147. The van der Waals surface area contributed by atoms with E-state index in [-0.39, 0.29) is 5.41 Å². The quantitative estimate of drug-likeness (QED) is 0.742. The van der Waals surface area contributed by atoms with Crippen molar-refractivity contribution in [1.82, 2.24) is 0 Å². The van der Waals surface area contributed by atoms with Crippen LogP contribution in [0.1, 0.15) is 12.8 Å². The number of alkyl halides is 1. The monoisotopic (exact) mass is 344 g/mol. The Morgan fingerprint density at radius 1 is 1.05 bits per heavy atom. The number of hydrogen-bond donors (Lipinski definition) is 0. The fourth-order valence-corrected chi connectivity index (χ4v) is 2.94. The topological polar surface area (TPSA) is 36.9 Å². The van der Waals surface area contributed by atoms with E-state index in [1.807, 2.05) is 18.2 Å². The van der Waals surface area contributed by atoms with E-state index in [1.165, 1.54) is 0 Å². The van der Waals surface area contributed by atoms with Gasteiger partial charge in [0.05, 0.1) is 20.8 Å². The van der Waals surface area contributed by atoms with Crippen LogP contribution in [-0.2, 0) is 4.74 Å². The molecule has 0 unspecified atom stereocenters. The lowest BCUT2D eigenvalue weighted by Crippen LogP contribution is -2.36.